The van der Waals surface area contributed by atoms with Crippen molar-refractivity contribution in [3.05, 3.63) is 65.7 Å². The molecule has 1 N–H and O–H groups in total. The Hall–Kier alpha value is -3.72. The first-order chi connectivity index (χ1) is 12.7. The highest BCUT2D eigenvalue weighted by Crippen LogP contribution is 2.24. The number of ether oxygens (including phenoxy) is 2. The van der Waals surface area contributed by atoms with E-state index in [1.165, 1.54) is 0 Å². The number of aromatic nitrogens is 1. The SMILES string of the molecule is COc1ccc(Nc2oc(C=Cc3cccc(OC)c3)nc2C#N)cc1. The number of nitrogens with zero attached hydrogens (tertiary/aromatic N) is 2. The number of anilines is 2. The molecular formula is C20H17N3O3. The first kappa shape index (κ1) is 17.1. The Bertz CT molecular complexity index is 953. The highest BCUT2D eigenvalue weighted by Gasteiger charge is 2.11. The van der Waals surface area contributed by atoms with Gasteiger partial charge in [0.2, 0.25) is 17.5 Å². The molecule has 6 heteroatoms. The van der Waals surface area contributed by atoms with Gasteiger partial charge in [-0.05, 0) is 48.0 Å². The predicted octanol–water partition coefficient (Wildman–Crippen LogP) is 4.48. The summed E-state index contributed by atoms with van der Waals surface area (Å²) in [6.07, 6.45) is 3.54. The summed E-state index contributed by atoms with van der Waals surface area (Å²) in [5.74, 6) is 2.14. The van der Waals surface area contributed by atoms with Crippen LogP contribution >= 0.6 is 0 Å². The van der Waals surface area contributed by atoms with Crippen molar-refractivity contribution >= 4 is 23.7 Å². The molecule has 0 saturated carbocycles. The molecule has 0 radical (unpaired) electrons. The largest absolute Gasteiger partial charge is 0.497 e. The standard InChI is InChI=1S/C20H17N3O3/c1-24-16-9-7-15(8-10-16)22-20-18(13-21)23-19(26-20)11-6-14-4-3-5-17(12-14)25-2/h3-12,22H,1-2H3. The van der Waals surface area contributed by atoms with Crippen LogP contribution in [-0.2, 0) is 0 Å². The van der Waals surface area contributed by atoms with Gasteiger partial charge in [-0.3, -0.25) is 0 Å². The minimum Gasteiger partial charge on any atom is -0.497 e. The van der Waals surface area contributed by atoms with E-state index in [-0.39, 0.29) is 5.69 Å². The summed E-state index contributed by atoms with van der Waals surface area (Å²) in [5, 5.41) is 12.3. The molecule has 0 aliphatic carbocycles. The third-order valence-corrected chi connectivity index (χ3v) is 3.61. The molecule has 0 spiro atoms. The van der Waals surface area contributed by atoms with Crippen molar-refractivity contribution in [1.29, 1.82) is 5.26 Å². The molecule has 1 heterocycles. The Labute approximate surface area is 151 Å². The minimum absolute atomic E-state index is 0.186. The molecule has 0 amide bonds. The van der Waals surface area contributed by atoms with Gasteiger partial charge in [0.05, 0.1) is 14.2 Å². The molecule has 0 saturated heterocycles. The number of rotatable bonds is 6. The van der Waals surface area contributed by atoms with Gasteiger partial charge in [0.1, 0.15) is 17.6 Å². The average Bonchev–Trinajstić information content (AvgIpc) is 3.09. The summed E-state index contributed by atoms with van der Waals surface area (Å²) in [7, 11) is 3.22. The van der Waals surface area contributed by atoms with Crippen molar-refractivity contribution in [2.45, 2.75) is 0 Å². The lowest BCUT2D eigenvalue weighted by Crippen LogP contribution is -1.91. The zero-order chi connectivity index (χ0) is 18.4. The summed E-state index contributed by atoms with van der Waals surface area (Å²) in [6, 6.07) is 16.9. The third kappa shape index (κ3) is 4.02. The van der Waals surface area contributed by atoms with E-state index in [9.17, 15) is 5.26 Å². The first-order valence-corrected chi connectivity index (χ1v) is 7.86. The van der Waals surface area contributed by atoms with Crippen LogP contribution in [0.4, 0.5) is 11.6 Å². The number of methoxy groups -OCH3 is 2. The van der Waals surface area contributed by atoms with Crippen molar-refractivity contribution in [2.24, 2.45) is 0 Å². The van der Waals surface area contributed by atoms with Crippen molar-refractivity contribution in [3.63, 3.8) is 0 Å². The summed E-state index contributed by atoms with van der Waals surface area (Å²) in [6.45, 7) is 0. The zero-order valence-corrected chi connectivity index (χ0v) is 14.4. The van der Waals surface area contributed by atoms with Gasteiger partial charge in [-0.25, -0.2) is 0 Å². The summed E-state index contributed by atoms with van der Waals surface area (Å²) < 4.78 is 16.0. The van der Waals surface area contributed by atoms with Crippen LogP contribution in [0.1, 0.15) is 17.1 Å². The normalized spacial score (nSPS) is 10.5. The maximum Gasteiger partial charge on any atom is 0.236 e. The number of benzene rings is 2. The van der Waals surface area contributed by atoms with Crippen LogP contribution in [0.15, 0.2) is 52.9 Å². The fourth-order valence-corrected chi connectivity index (χ4v) is 2.29. The molecule has 0 fully saturated rings. The Morgan fingerprint density at radius 3 is 2.50 bits per heavy atom. The van der Waals surface area contributed by atoms with Gasteiger partial charge in [-0.15, -0.1) is 0 Å². The van der Waals surface area contributed by atoms with Gasteiger partial charge < -0.3 is 19.2 Å². The lowest BCUT2D eigenvalue weighted by atomic mass is 10.2. The maximum atomic E-state index is 9.27. The number of hydrogen-bond donors (Lipinski definition) is 1. The van der Waals surface area contributed by atoms with Gasteiger partial charge in [0, 0.05) is 11.8 Å². The topological polar surface area (TPSA) is 80.3 Å². The van der Waals surface area contributed by atoms with Crippen LogP contribution in [0.2, 0.25) is 0 Å². The molecule has 1 aromatic heterocycles. The molecule has 26 heavy (non-hydrogen) atoms. The molecule has 0 bridgehead atoms. The second kappa shape index (κ2) is 7.90. The van der Waals surface area contributed by atoms with Gasteiger partial charge in [-0.1, -0.05) is 12.1 Å². The average molecular weight is 347 g/mol. The summed E-state index contributed by atoms with van der Waals surface area (Å²) >= 11 is 0. The predicted molar refractivity (Wildman–Crippen MR) is 99.4 cm³/mol. The number of hydrogen-bond acceptors (Lipinski definition) is 6. The van der Waals surface area contributed by atoms with Crippen LogP contribution in [0, 0.1) is 11.3 Å². The van der Waals surface area contributed by atoms with Crippen LogP contribution in [0.25, 0.3) is 12.2 Å². The van der Waals surface area contributed by atoms with E-state index in [1.54, 1.807) is 20.3 Å². The van der Waals surface area contributed by atoms with Gasteiger partial charge >= 0.3 is 0 Å². The number of nitrogens with one attached hydrogen (secondary N) is 1. The Balaban J connectivity index is 1.79. The van der Waals surface area contributed by atoms with E-state index in [0.29, 0.717) is 11.8 Å². The first-order valence-electron chi connectivity index (χ1n) is 7.86. The van der Waals surface area contributed by atoms with E-state index < -0.39 is 0 Å². The van der Waals surface area contributed by atoms with Crippen molar-refractivity contribution in [1.82, 2.24) is 4.98 Å². The molecule has 0 aliphatic heterocycles. The Kier molecular flexibility index (Phi) is 5.20. The van der Waals surface area contributed by atoms with E-state index in [1.807, 2.05) is 60.7 Å². The fourth-order valence-electron chi connectivity index (χ4n) is 2.29. The third-order valence-electron chi connectivity index (χ3n) is 3.61. The van der Waals surface area contributed by atoms with Crippen LogP contribution in [0.3, 0.4) is 0 Å². The number of oxazole rings is 1. The lowest BCUT2D eigenvalue weighted by molar-refractivity contribution is 0.414. The summed E-state index contributed by atoms with van der Waals surface area (Å²) in [5.41, 5.74) is 1.89. The summed E-state index contributed by atoms with van der Waals surface area (Å²) in [4.78, 5) is 4.18. The van der Waals surface area contributed by atoms with Crippen molar-refractivity contribution in [2.75, 3.05) is 19.5 Å². The molecule has 0 aliphatic rings. The second-order valence-corrected chi connectivity index (χ2v) is 5.31. The molecule has 3 rings (SSSR count). The Morgan fingerprint density at radius 1 is 1.04 bits per heavy atom. The van der Waals surface area contributed by atoms with E-state index in [2.05, 4.69) is 10.3 Å². The highest BCUT2D eigenvalue weighted by molar-refractivity contribution is 5.69. The minimum atomic E-state index is 0.186. The van der Waals surface area contributed by atoms with Crippen LogP contribution in [0.5, 0.6) is 11.5 Å². The monoisotopic (exact) mass is 347 g/mol. The molecule has 130 valence electrons. The van der Waals surface area contributed by atoms with E-state index in [4.69, 9.17) is 13.9 Å². The molecule has 0 unspecified atom stereocenters. The Morgan fingerprint density at radius 2 is 1.81 bits per heavy atom. The molecule has 6 nitrogen and oxygen atoms in total. The van der Waals surface area contributed by atoms with Crippen LogP contribution in [-0.4, -0.2) is 19.2 Å². The van der Waals surface area contributed by atoms with Crippen LogP contribution < -0.4 is 14.8 Å². The molecule has 0 atom stereocenters. The number of nitriles is 1. The zero-order valence-electron chi connectivity index (χ0n) is 14.4. The van der Waals surface area contributed by atoms with E-state index in [0.717, 1.165) is 22.7 Å². The lowest BCUT2D eigenvalue weighted by Gasteiger charge is -2.04. The van der Waals surface area contributed by atoms with E-state index >= 15 is 0 Å². The maximum absolute atomic E-state index is 9.27. The van der Waals surface area contributed by atoms with Crippen molar-refractivity contribution < 1.29 is 13.9 Å². The van der Waals surface area contributed by atoms with Gasteiger partial charge in [0.25, 0.3) is 0 Å². The van der Waals surface area contributed by atoms with Gasteiger partial charge in [0.15, 0.2) is 0 Å². The van der Waals surface area contributed by atoms with Gasteiger partial charge in [-0.2, -0.15) is 10.2 Å². The smallest absolute Gasteiger partial charge is 0.236 e. The van der Waals surface area contributed by atoms with Crippen molar-refractivity contribution in [3.8, 4) is 17.6 Å². The fraction of sp³-hybridized carbons (Fsp3) is 0.100. The highest BCUT2D eigenvalue weighted by atomic mass is 16.5. The quantitative estimate of drug-likeness (QED) is 0.708. The molecular weight excluding hydrogens is 330 g/mol. The molecule has 3 aromatic rings. The second-order valence-electron chi connectivity index (χ2n) is 5.31. The molecule has 2 aromatic carbocycles.